The van der Waals surface area contributed by atoms with Crippen molar-refractivity contribution in [2.75, 3.05) is 0 Å². The first-order valence-corrected chi connectivity index (χ1v) is 11.2. The van der Waals surface area contributed by atoms with E-state index in [0.717, 1.165) is 28.6 Å². The number of hydrogen-bond acceptors (Lipinski definition) is 3. The molecule has 0 fully saturated rings. The molecule has 0 spiro atoms. The van der Waals surface area contributed by atoms with Crippen LogP contribution >= 0.6 is 0 Å². The summed E-state index contributed by atoms with van der Waals surface area (Å²) >= 11 is 0. The number of aromatic nitrogens is 5. The molecule has 3 aromatic heterocycles. The van der Waals surface area contributed by atoms with Gasteiger partial charge in [-0.15, -0.1) is 0 Å². The van der Waals surface area contributed by atoms with E-state index in [1.165, 1.54) is 11.1 Å². The van der Waals surface area contributed by atoms with Crippen LogP contribution in [0.4, 0.5) is 0 Å². The maximum Gasteiger partial charge on any atom is 0.153 e. The largest absolute Gasteiger partial charge is 0.337 e. The van der Waals surface area contributed by atoms with Gasteiger partial charge in [0.05, 0.1) is 11.4 Å². The molecule has 4 heterocycles. The van der Waals surface area contributed by atoms with Gasteiger partial charge in [-0.1, -0.05) is 59.7 Å². The van der Waals surface area contributed by atoms with Crippen molar-refractivity contribution >= 4 is 0 Å². The van der Waals surface area contributed by atoms with Gasteiger partial charge in [0.15, 0.2) is 5.82 Å². The van der Waals surface area contributed by atoms with Crippen molar-refractivity contribution in [3.63, 3.8) is 0 Å². The third-order valence-electron chi connectivity index (χ3n) is 7.81. The molecule has 0 N–H and O–H groups in total. The van der Waals surface area contributed by atoms with Crippen molar-refractivity contribution in [2.45, 2.75) is 57.8 Å². The average molecular weight is 426 g/mol. The minimum absolute atomic E-state index is 0.194. The van der Waals surface area contributed by atoms with E-state index >= 15 is 0 Å². The van der Waals surface area contributed by atoms with Gasteiger partial charge >= 0.3 is 0 Å². The third-order valence-corrected chi connectivity index (χ3v) is 7.81. The second kappa shape index (κ2) is 6.64. The Labute approximate surface area is 190 Å². The van der Waals surface area contributed by atoms with Gasteiger partial charge in [-0.3, -0.25) is 0 Å². The van der Waals surface area contributed by atoms with Crippen LogP contribution in [0.15, 0.2) is 61.1 Å². The topological polar surface area (TPSA) is 48.5 Å². The Morgan fingerprint density at radius 1 is 0.844 bits per heavy atom. The molecule has 0 radical (unpaired) electrons. The van der Waals surface area contributed by atoms with Crippen LogP contribution in [-0.4, -0.2) is 24.3 Å². The van der Waals surface area contributed by atoms with Crippen molar-refractivity contribution in [1.82, 2.24) is 24.3 Å². The molecule has 1 aromatic carbocycles. The SMILES string of the molecule is Cn1cc2nc1C(C)(C)C(C)(C)c1ccn(n1)-c1cc(ccn1)C(C)(C)c1cccc-2c1. The quantitative estimate of drug-likeness (QED) is 0.370. The Hall–Kier alpha value is -3.21. The van der Waals surface area contributed by atoms with E-state index in [2.05, 4.69) is 107 Å². The van der Waals surface area contributed by atoms with Gasteiger partial charge in [0.25, 0.3) is 0 Å². The third kappa shape index (κ3) is 2.87. The Kier molecular flexibility index (Phi) is 4.29. The maximum atomic E-state index is 5.16. The van der Waals surface area contributed by atoms with Gasteiger partial charge in [-0.25, -0.2) is 14.6 Å². The number of hydrogen-bond donors (Lipinski definition) is 0. The molecule has 4 aromatic rings. The zero-order chi connectivity index (χ0) is 22.9. The highest BCUT2D eigenvalue weighted by Gasteiger charge is 2.44. The molecule has 1 aliphatic rings. The van der Waals surface area contributed by atoms with Crippen LogP contribution in [-0.2, 0) is 23.3 Å². The molecule has 1 aliphatic heterocycles. The fraction of sp³-hybridized carbons (Fsp3) is 0.370. The summed E-state index contributed by atoms with van der Waals surface area (Å²) < 4.78 is 4.06. The molecule has 164 valence electrons. The standard InChI is InChI=1S/C27H31N5/c1-25(2)19-10-8-9-18(15-19)21-17-31(7)24(29-21)27(5,6)26(3,4)22-12-14-32(30-22)23-16-20(25)11-13-28-23/h8-17H,1-7H3. The zero-order valence-corrected chi connectivity index (χ0v) is 20.0. The van der Waals surface area contributed by atoms with Crippen LogP contribution in [0.5, 0.6) is 0 Å². The zero-order valence-electron chi connectivity index (χ0n) is 20.0. The molecular formula is C27H31N5. The number of imidazole rings is 1. The summed E-state index contributed by atoms with van der Waals surface area (Å²) in [6.45, 7) is 13.5. The van der Waals surface area contributed by atoms with Crippen molar-refractivity contribution < 1.29 is 0 Å². The second-order valence-corrected chi connectivity index (χ2v) is 10.6. The maximum absolute atomic E-state index is 5.16. The minimum Gasteiger partial charge on any atom is -0.337 e. The first-order valence-electron chi connectivity index (χ1n) is 11.2. The predicted octanol–water partition coefficient (Wildman–Crippen LogP) is 5.56. The molecule has 0 amide bonds. The molecule has 0 unspecified atom stereocenters. The van der Waals surface area contributed by atoms with Crippen molar-refractivity contribution in [3.05, 3.63) is 83.7 Å². The van der Waals surface area contributed by atoms with Crippen molar-refractivity contribution in [2.24, 2.45) is 7.05 Å². The lowest BCUT2D eigenvalue weighted by atomic mass is 9.65. The van der Waals surface area contributed by atoms with Crippen LogP contribution in [0.2, 0.25) is 0 Å². The number of aryl methyl sites for hydroxylation is 1. The summed E-state index contributed by atoms with van der Waals surface area (Å²) in [7, 11) is 2.09. The molecular weight excluding hydrogens is 394 g/mol. The predicted molar refractivity (Wildman–Crippen MR) is 128 cm³/mol. The van der Waals surface area contributed by atoms with Gasteiger partial charge in [-0.05, 0) is 35.4 Å². The first-order chi connectivity index (χ1) is 15.0. The Balaban J connectivity index is 1.84. The van der Waals surface area contributed by atoms with Gasteiger partial charge < -0.3 is 4.57 Å². The molecule has 5 nitrogen and oxygen atoms in total. The minimum atomic E-state index is -0.258. The van der Waals surface area contributed by atoms with Crippen molar-refractivity contribution in [3.8, 4) is 17.1 Å². The normalized spacial score (nSPS) is 18.0. The number of nitrogens with zero attached hydrogens (tertiary/aromatic N) is 5. The smallest absolute Gasteiger partial charge is 0.153 e. The van der Waals surface area contributed by atoms with Crippen LogP contribution in [0.3, 0.4) is 0 Å². The highest BCUT2D eigenvalue weighted by Crippen LogP contribution is 2.43. The molecule has 0 saturated carbocycles. The lowest BCUT2D eigenvalue weighted by molar-refractivity contribution is 0.273. The Morgan fingerprint density at radius 3 is 2.38 bits per heavy atom. The van der Waals surface area contributed by atoms with E-state index in [9.17, 15) is 0 Å². The van der Waals surface area contributed by atoms with E-state index in [1.54, 1.807) is 0 Å². The summed E-state index contributed by atoms with van der Waals surface area (Å²) in [6.07, 6.45) is 6.05. The molecule has 0 atom stereocenters. The van der Waals surface area contributed by atoms with Gasteiger partial charge in [0.2, 0.25) is 0 Å². The monoisotopic (exact) mass is 425 g/mol. The van der Waals surface area contributed by atoms with Crippen molar-refractivity contribution in [1.29, 1.82) is 0 Å². The average Bonchev–Trinajstić information content (AvgIpc) is 3.41. The lowest BCUT2D eigenvalue weighted by Gasteiger charge is -2.39. The Bertz CT molecular complexity index is 1320. The van der Waals surface area contributed by atoms with Gasteiger partial charge in [0, 0.05) is 47.4 Å². The lowest BCUT2D eigenvalue weighted by Crippen LogP contribution is -2.42. The molecule has 32 heavy (non-hydrogen) atoms. The van der Waals surface area contributed by atoms with E-state index in [4.69, 9.17) is 10.1 Å². The number of benzene rings is 1. The highest BCUT2D eigenvalue weighted by molar-refractivity contribution is 5.61. The number of rotatable bonds is 0. The summed E-state index contributed by atoms with van der Waals surface area (Å²) in [5, 5.41) is 4.99. The van der Waals surface area contributed by atoms with Gasteiger partial charge in [-0.2, -0.15) is 5.10 Å². The molecule has 5 heteroatoms. The number of fused-ring (bicyclic) bond motifs is 10. The summed E-state index contributed by atoms with van der Waals surface area (Å²) in [5.41, 5.74) is 4.90. The molecule has 0 saturated heterocycles. The first kappa shape index (κ1) is 20.7. The molecule has 0 aliphatic carbocycles. The van der Waals surface area contributed by atoms with E-state index in [-0.39, 0.29) is 16.2 Å². The molecule has 5 rings (SSSR count). The van der Waals surface area contributed by atoms with E-state index < -0.39 is 0 Å². The molecule has 8 bridgehead atoms. The van der Waals surface area contributed by atoms with Crippen LogP contribution < -0.4 is 0 Å². The van der Waals surface area contributed by atoms with E-state index in [1.807, 2.05) is 17.1 Å². The van der Waals surface area contributed by atoms with E-state index in [0.29, 0.717) is 0 Å². The second-order valence-electron chi connectivity index (χ2n) is 10.6. The fourth-order valence-electron chi connectivity index (χ4n) is 4.74. The van der Waals surface area contributed by atoms with Crippen LogP contribution in [0.1, 0.15) is 64.2 Å². The highest BCUT2D eigenvalue weighted by atomic mass is 15.3. The summed E-state index contributed by atoms with van der Waals surface area (Å²) in [6, 6.07) is 15.1. The van der Waals surface area contributed by atoms with Crippen LogP contribution in [0, 0.1) is 0 Å². The summed E-state index contributed by atoms with van der Waals surface area (Å²) in [5.74, 6) is 1.88. The summed E-state index contributed by atoms with van der Waals surface area (Å²) in [4.78, 5) is 9.79. The fourth-order valence-corrected chi connectivity index (χ4v) is 4.74. The number of pyridine rings is 1. The van der Waals surface area contributed by atoms with Gasteiger partial charge in [0.1, 0.15) is 5.82 Å². The Morgan fingerprint density at radius 2 is 1.59 bits per heavy atom. The van der Waals surface area contributed by atoms with Crippen LogP contribution in [0.25, 0.3) is 17.1 Å².